The predicted octanol–water partition coefficient (Wildman–Crippen LogP) is 2.86. The quantitative estimate of drug-likeness (QED) is 0.752. The third kappa shape index (κ3) is 1.59. The fraction of sp³-hybridized carbons (Fsp3) is 0.389. The van der Waals surface area contributed by atoms with Crippen molar-refractivity contribution in [1.82, 2.24) is 14.3 Å². The van der Waals surface area contributed by atoms with Gasteiger partial charge in [-0.3, -0.25) is 4.68 Å². The lowest BCUT2D eigenvalue weighted by Gasteiger charge is -2.41. The number of aromatic nitrogens is 3. The van der Waals surface area contributed by atoms with Gasteiger partial charge in [-0.25, -0.2) is 0 Å². The number of piperidine rings is 1. The Hall–Kier alpha value is -2.43. The van der Waals surface area contributed by atoms with E-state index in [4.69, 9.17) is 5.73 Å². The smallest absolute Gasteiger partial charge is 0.129 e. The standard InChI is InChI=1S/C18H21N5/c1-21-15-4-3-12(14-10-20-22(2)17(14)19)9-13(15)16-11-5-7-23(8-6-11)18(16)21/h3-4,9-11H,5-8,19H2,1-2H3. The lowest BCUT2D eigenvalue weighted by atomic mass is 9.84. The van der Waals surface area contributed by atoms with Crippen molar-refractivity contribution in [3.8, 4) is 11.1 Å². The molecule has 2 aromatic heterocycles. The Morgan fingerprint density at radius 2 is 1.96 bits per heavy atom. The molecule has 0 atom stereocenters. The van der Waals surface area contributed by atoms with Crippen LogP contribution in [0.2, 0.25) is 0 Å². The topological polar surface area (TPSA) is 52.0 Å². The average molecular weight is 307 g/mol. The first-order chi connectivity index (χ1) is 11.1. The van der Waals surface area contributed by atoms with Gasteiger partial charge in [-0.2, -0.15) is 5.10 Å². The zero-order valence-electron chi connectivity index (χ0n) is 13.6. The Morgan fingerprint density at radius 1 is 1.17 bits per heavy atom. The molecule has 3 aliphatic rings. The molecule has 0 radical (unpaired) electrons. The Morgan fingerprint density at radius 3 is 2.65 bits per heavy atom. The summed E-state index contributed by atoms with van der Waals surface area (Å²) in [6, 6.07) is 6.71. The molecule has 5 heteroatoms. The van der Waals surface area contributed by atoms with Gasteiger partial charge in [-0.1, -0.05) is 6.07 Å². The first-order valence-corrected chi connectivity index (χ1v) is 8.30. The fourth-order valence-corrected chi connectivity index (χ4v) is 4.46. The Balaban J connectivity index is 1.78. The molecule has 0 aliphatic carbocycles. The maximum atomic E-state index is 6.17. The molecule has 1 aromatic carbocycles. The maximum absolute atomic E-state index is 6.17. The number of nitrogen functional groups attached to an aromatic ring is 1. The minimum atomic E-state index is 0.709. The number of hydrogen-bond acceptors (Lipinski definition) is 3. The van der Waals surface area contributed by atoms with E-state index in [1.165, 1.54) is 42.7 Å². The normalized spacial score (nSPS) is 17.2. The van der Waals surface area contributed by atoms with Crippen molar-refractivity contribution in [3.05, 3.63) is 30.0 Å². The third-order valence-corrected chi connectivity index (χ3v) is 5.71. The molecule has 3 aliphatic heterocycles. The molecule has 2 bridgehead atoms. The van der Waals surface area contributed by atoms with Crippen molar-refractivity contribution in [2.75, 3.05) is 23.7 Å². The SMILES string of the molecule is Cn1ncc(-c2ccc3c(c2)c2c(n3C)N3CCC2CC3)c1N. The van der Waals surface area contributed by atoms with Gasteiger partial charge in [0.05, 0.1) is 6.20 Å². The van der Waals surface area contributed by atoms with Gasteiger partial charge < -0.3 is 15.2 Å². The third-order valence-electron chi connectivity index (χ3n) is 5.71. The zero-order chi connectivity index (χ0) is 15.7. The molecule has 23 heavy (non-hydrogen) atoms. The van der Waals surface area contributed by atoms with E-state index < -0.39 is 0 Å². The van der Waals surface area contributed by atoms with Crippen molar-refractivity contribution in [2.45, 2.75) is 18.8 Å². The highest BCUT2D eigenvalue weighted by atomic mass is 15.3. The molecule has 6 rings (SSSR count). The van der Waals surface area contributed by atoms with E-state index in [1.54, 1.807) is 10.2 Å². The van der Waals surface area contributed by atoms with Crippen LogP contribution in [0.15, 0.2) is 24.4 Å². The van der Waals surface area contributed by atoms with Crippen molar-refractivity contribution in [1.29, 1.82) is 0 Å². The van der Waals surface area contributed by atoms with E-state index in [-0.39, 0.29) is 0 Å². The summed E-state index contributed by atoms with van der Waals surface area (Å²) in [5.74, 6) is 2.86. The van der Waals surface area contributed by atoms with Gasteiger partial charge in [0.15, 0.2) is 0 Å². The summed E-state index contributed by atoms with van der Waals surface area (Å²) >= 11 is 0. The van der Waals surface area contributed by atoms with Crippen LogP contribution in [0.25, 0.3) is 22.0 Å². The molecule has 0 amide bonds. The molecule has 1 saturated heterocycles. The van der Waals surface area contributed by atoms with E-state index in [2.05, 4.69) is 39.8 Å². The molecular formula is C18H21N5. The highest BCUT2D eigenvalue weighted by molar-refractivity contribution is 5.95. The Labute approximate surface area is 135 Å². The Bertz CT molecular complexity index is 925. The molecule has 1 fully saturated rings. The van der Waals surface area contributed by atoms with Crippen LogP contribution in [0.5, 0.6) is 0 Å². The van der Waals surface area contributed by atoms with Crippen LogP contribution in [0.3, 0.4) is 0 Å². The van der Waals surface area contributed by atoms with Crippen LogP contribution in [0.1, 0.15) is 24.3 Å². The zero-order valence-corrected chi connectivity index (χ0v) is 13.6. The molecule has 0 spiro atoms. The number of hydrogen-bond donors (Lipinski definition) is 1. The first-order valence-electron chi connectivity index (χ1n) is 8.30. The maximum Gasteiger partial charge on any atom is 0.129 e. The van der Waals surface area contributed by atoms with E-state index in [0.717, 1.165) is 16.9 Å². The van der Waals surface area contributed by atoms with Gasteiger partial charge in [0.2, 0.25) is 0 Å². The number of rotatable bonds is 1. The molecule has 3 aromatic rings. The van der Waals surface area contributed by atoms with Crippen LogP contribution < -0.4 is 10.6 Å². The van der Waals surface area contributed by atoms with Crippen LogP contribution in [-0.4, -0.2) is 27.4 Å². The molecule has 5 nitrogen and oxygen atoms in total. The predicted molar refractivity (Wildman–Crippen MR) is 93.7 cm³/mol. The number of nitrogens with two attached hydrogens (primary N) is 1. The highest BCUT2D eigenvalue weighted by Gasteiger charge is 2.35. The number of nitrogens with zero attached hydrogens (tertiary/aromatic N) is 4. The van der Waals surface area contributed by atoms with Crippen molar-refractivity contribution >= 4 is 22.5 Å². The first kappa shape index (κ1) is 13.0. The molecule has 118 valence electrons. The van der Waals surface area contributed by atoms with Crippen LogP contribution >= 0.6 is 0 Å². The van der Waals surface area contributed by atoms with Crippen LogP contribution in [0, 0.1) is 0 Å². The Kier molecular flexibility index (Phi) is 2.45. The number of anilines is 2. The number of aryl methyl sites for hydroxylation is 2. The second kappa shape index (κ2) is 4.31. The van der Waals surface area contributed by atoms with Gasteiger partial charge in [-0.05, 0) is 36.5 Å². The van der Waals surface area contributed by atoms with Gasteiger partial charge in [0.25, 0.3) is 0 Å². The van der Waals surface area contributed by atoms with E-state index in [0.29, 0.717) is 5.92 Å². The summed E-state index contributed by atoms with van der Waals surface area (Å²) in [5, 5.41) is 5.67. The van der Waals surface area contributed by atoms with E-state index >= 15 is 0 Å². The highest BCUT2D eigenvalue weighted by Crippen LogP contribution is 2.48. The second-order valence-corrected chi connectivity index (χ2v) is 6.86. The monoisotopic (exact) mass is 307 g/mol. The molecule has 2 N–H and O–H groups in total. The van der Waals surface area contributed by atoms with E-state index in [1.807, 2.05) is 13.2 Å². The number of benzene rings is 1. The van der Waals surface area contributed by atoms with Gasteiger partial charge in [-0.15, -0.1) is 0 Å². The van der Waals surface area contributed by atoms with Crippen molar-refractivity contribution in [3.63, 3.8) is 0 Å². The summed E-state index contributed by atoms with van der Waals surface area (Å²) in [7, 11) is 4.08. The lowest BCUT2D eigenvalue weighted by Crippen LogP contribution is -2.39. The van der Waals surface area contributed by atoms with Crippen LogP contribution in [-0.2, 0) is 14.1 Å². The largest absolute Gasteiger partial charge is 0.383 e. The molecule has 0 saturated carbocycles. The van der Waals surface area contributed by atoms with Gasteiger partial charge in [0.1, 0.15) is 11.6 Å². The number of fused-ring (bicyclic) bond motifs is 3. The lowest BCUT2D eigenvalue weighted by molar-refractivity contribution is 0.469. The average Bonchev–Trinajstić information content (AvgIpc) is 3.08. The second-order valence-electron chi connectivity index (χ2n) is 6.86. The van der Waals surface area contributed by atoms with Gasteiger partial charge in [0, 0.05) is 49.2 Å². The van der Waals surface area contributed by atoms with Crippen LogP contribution in [0.4, 0.5) is 11.6 Å². The minimum absolute atomic E-state index is 0.709. The van der Waals surface area contributed by atoms with Crippen molar-refractivity contribution < 1.29 is 0 Å². The fourth-order valence-electron chi connectivity index (χ4n) is 4.46. The van der Waals surface area contributed by atoms with E-state index in [9.17, 15) is 0 Å². The summed E-state index contributed by atoms with van der Waals surface area (Å²) < 4.78 is 4.10. The summed E-state index contributed by atoms with van der Waals surface area (Å²) in [5.41, 5.74) is 11.2. The molecule has 0 unspecified atom stereocenters. The van der Waals surface area contributed by atoms with Gasteiger partial charge >= 0.3 is 0 Å². The molecular weight excluding hydrogens is 286 g/mol. The summed E-state index contributed by atoms with van der Waals surface area (Å²) in [4.78, 5) is 2.55. The molecule has 5 heterocycles. The minimum Gasteiger partial charge on any atom is -0.383 e. The summed E-state index contributed by atoms with van der Waals surface area (Å²) in [6.07, 6.45) is 4.43. The summed E-state index contributed by atoms with van der Waals surface area (Å²) in [6.45, 7) is 2.40. The van der Waals surface area contributed by atoms with Crippen molar-refractivity contribution in [2.24, 2.45) is 14.1 Å².